The highest BCUT2D eigenvalue weighted by Gasteiger charge is 2.39. The molecule has 0 aromatic carbocycles. The molecule has 1 saturated carbocycles. The normalized spacial score (nSPS) is 25.9. The number of hydrogen-bond donors (Lipinski definition) is 1. The van der Waals surface area contributed by atoms with Gasteiger partial charge in [-0.25, -0.2) is 4.79 Å². The average Bonchev–Trinajstić information content (AvgIpc) is 3.38. The molecule has 138 valence electrons. The van der Waals surface area contributed by atoms with Gasteiger partial charge < -0.3 is 15.0 Å². The molecule has 6 heteroatoms. The molecule has 3 heterocycles. The van der Waals surface area contributed by atoms with Crippen molar-refractivity contribution in [2.45, 2.75) is 38.3 Å². The molecule has 1 N–H and O–H groups in total. The summed E-state index contributed by atoms with van der Waals surface area (Å²) in [5.74, 6) is 1.29. The summed E-state index contributed by atoms with van der Waals surface area (Å²) in [5, 5.41) is 5.36. The van der Waals surface area contributed by atoms with E-state index in [4.69, 9.17) is 4.74 Å². The first-order chi connectivity index (χ1) is 12.3. The summed E-state index contributed by atoms with van der Waals surface area (Å²) in [6.07, 6.45) is 4.86. The maximum Gasteiger partial charge on any atom is 0.317 e. The van der Waals surface area contributed by atoms with Crippen LogP contribution in [-0.4, -0.2) is 61.3 Å². The number of nitrogens with zero attached hydrogens (tertiary/aromatic N) is 2. The van der Waals surface area contributed by atoms with Gasteiger partial charge in [-0.05, 0) is 62.1 Å². The predicted octanol–water partition coefficient (Wildman–Crippen LogP) is 2.78. The molecule has 1 aromatic rings. The van der Waals surface area contributed by atoms with Crippen molar-refractivity contribution in [3.8, 4) is 0 Å². The Morgan fingerprint density at radius 3 is 2.80 bits per heavy atom. The number of ether oxygens (including phenoxy) is 1. The zero-order valence-corrected chi connectivity index (χ0v) is 15.7. The van der Waals surface area contributed by atoms with Crippen LogP contribution in [0.4, 0.5) is 4.79 Å². The fourth-order valence-electron chi connectivity index (χ4n) is 4.05. The van der Waals surface area contributed by atoms with E-state index in [0.29, 0.717) is 24.5 Å². The zero-order chi connectivity index (χ0) is 17.1. The van der Waals surface area contributed by atoms with E-state index < -0.39 is 0 Å². The van der Waals surface area contributed by atoms with Crippen molar-refractivity contribution in [2.24, 2.45) is 11.8 Å². The van der Waals surface area contributed by atoms with Crippen molar-refractivity contribution in [2.75, 3.05) is 39.4 Å². The SMILES string of the molecule is O=C(NCC1CCN(Cc2cccs2)CC1)N1CCOCC1C1CC1. The van der Waals surface area contributed by atoms with Gasteiger partial charge in [0.05, 0.1) is 19.3 Å². The van der Waals surface area contributed by atoms with Gasteiger partial charge in [0.1, 0.15) is 0 Å². The summed E-state index contributed by atoms with van der Waals surface area (Å²) >= 11 is 1.84. The molecular formula is C19H29N3O2S. The van der Waals surface area contributed by atoms with E-state index >= 15 is 0 Å². The Kier molecular flexibility index (Phi) is 5.58. The second-order valence-corrected chi connectivity index (χ2v) is 8.69. The lowest BCUT2D eigenvalue weighted by atomic mass is 9.97. The number of morpholine rings is 1. The van der Waals surface area contributed by atoms with E-state index in [0.717, 1.165) is 39.3 Å². The van der Waals surface area contributed by atoms with Gasteiger partial charge in [0.2, 0.25) is 0 Å². The van der Waals surface area contributed by atoms with Crippen LogP contribution in [0.1, 0.15) is 30.6 Å². The van der Waals surface area contributed by atoms with E-state index in [1.165, 1.54) is 30.6 Å². The number of rotatable bonds is 5. The van der Waals surface area contributed by atoms with Gasteiger partial charge in [0, 0.05) is 24.5 Å². The Balaban J connectivity index is 1.19. The number of thiophene rings is 1. The fraction of sp³-hybridized carbons (Fsp3) is 0.737. The molecule has 1 aromatic heterocycles. The molecule has 4 rings (SSSR count). The van der Waals surface area contributed by atoms with Gasteiger partial charge in [-0.15, -0.1) is 11.3 Å². The standard InChI is InChI=1S/C19H29N3O2S/c23-19(22-9-10-24-14-18(22)16-3-4-16)20-12-15-5-7-21(8-6-15)13-17-2-1-11-25-17/h1-2,11,15-16,18H,3-10,12-14H2,(H,20,23). The summed E-state index contributed by atoms with van der Waals surface area (Å²) in [4.78, 5) is 18.6. The number of piperidine rings is 1. The molecule has 3 aliphatic rings. The van der Waals surface area contributed by atoms with Crippen LogP contribution in [-0.2, 0) is 11.3 Å². The Morgan fingerprint density at radius 2 is 2.08 bits per heavy atom. The zero-order valence-electron chi connectivity index (χ0n) is 14.9. The van der Waals surface area contributed by atoms with E-state index in [-0.39, 0.29) is 6.03 Å². The number of likely N-dealkylation sites (tertiary alicyclic amines) is 1. The number of nitrogens with one attached hydrogen (secondary N) is 1. The molecule has 5 nitrogen and oxygen atoms in total. The number of carbonyl (C=O) groups excluding carboxylic acids is 1. The molecule has 1 atom stereocenters. The Hall–Kier alpha value is -1.11. The highest BCUT2D eigenvalue weighted by atomic mass is 32.1. The van der Waals surface area contributed by atoms with Crippen molar-refractivity contribution in [3.63, 3.8) is 0 Å². The Morgan fingerprint density at radius 1 is 1.24 bits per heavy atom. The van der Waals surface area contributed by atoms with Crippen LogP contribution in [0.25, 0.3) is 0 Å². The van der Waals surface area contributed by atoms with Crippen LogP contribution in [0.5, 0.6) is 0 Å². The summed E-state index contributed by atoms with van der Waals surface area (Å²) in [5.41, 5.74) is 0. The number of urea groups is 1. The molecule has 1 aliphatic carbocycles. The van der Waals surface area contributed by atoms with Crippen LogP contribution in [0.3, 0.4) is 0 Å². The second kappa shape index (κ2) is 8.06. The molecule has 1 unspecified atom stereocenters. The van der Waals surface area contributed by atoms with Crippen molar-refractivity contribution in [1.29, 1.82) is 0 Å². The molecule has 3 fully saturated rings. The highest BCUT2D eigenvalue weighted by molar-refractivity contribution is 7.09. The van der Waals surface area contributed by atoms with Crippen LogP contribution < -0.4 is 5.32 Å². The summed E-state index contributed by atoms with van der Waals surface area (Å²) in [6.45, 7) is 6.32. The molecule has 0 bridgehead atoms. The quantitative estimate of drug-likeness (QED) is 0.875. The molecule has 2 saturated heterocycles. The van der Waals surface area contributed by atoms with Crippen LogP contribution in [0, 0.1) is 11.8 Å². The maximum atomic E-state index is 12.6. The first-order valence-electron chi connectivity index (χ1n) is 9.66. The fourth-order valence-corrected chi connectivity index (χ4v) is 4.80. The van der Waals surface area contributed by atoms with E-state index in [1.807, 2.05) is 16.2 Å². The Bertz CT molecular complexity index is 553. The third kappa shape index (κ3) is 4.54. The van der Waals surface area contributed by atoms with Crippen molar-refractivity contribution in [3.05, 3.63) is 22.4 Å². The van der Waals surface area contributed by atoms with Crippen LogP contribution >= 0.6 is 11.3 Å². The number of carbonyl (C=O) groups is 1. The van der Waals surface area contributed by atoms with E-state index in [9.17, 15) is 4.79 Å². The van der Waals surface area contributed by atoms with Crippen molar-refractivity contribution >= 4 is 17.4 Å². The molecule has 0 radical (unpaired) electrons. The third-order valence-corrected chi connectivity index (χ3v) is 6.66. The largest absolute Gasteiger partial charge is 0.377 e. The lowest BCUT2D eigenvalue weighted by Crippen LogP contribution is -2.54. The van der Waals surface area contributed by atoms with Gasteiger partial charge in [-0.1, -0.05) is 6.07 Å². The minimum Gasteiger partial charge on any atom is -0.377 e. The molecule has 0 spiro atoms. The molecule has 2 aliphatic heterocycles. The minimum absolute atomic E-state index is 0.126. The highest BCUT2D eigenvalue weighted by Crippen LogP contribution is 2.36. The van der Waals surface area contributed by atoms with Gasteiger partial charge in [0.25, 0.3) is 0 Å². The minimum atomic E-state index is 0.126. The van der Waals surface area contributed by atoms with Crippen LogP contribution in [0.15, 0.2) is 17.5 Å². The van der Waals surface area contributed by atoms with E-state index in [1.54, 1.807) is 0 Å². The Labute approximate surface area is 154 Å². The van der Waals surface area contributed by atoms with Crippen LogP contribution in [0.2, 0.25) is 0 Å². The van der Waals surface area contributed by atoms with Gasteiger partial charge >= 0.3 is 6.03 Å². The number of hydrogen-bond acceptors (Lipinski definition) is 4. The average molecular weight is 364 g/mol. The lowest BCUT2D eigenvalue weighted by molar-refractivity contribution is 0.00439. The van der Waals surface area contributed by atoms with Crippen molar-refractivity contribution < 1.29 is 9.53 Å². The van der Waals surface area contributed by atoms with Gasteiger partial charge in [-0.2, -0.15) is 0 Å². The second-order valence-electron chi connectivity index (χ2n) is 7.66. The van der Waals surface area contributed by atoms with Gasteiger partial charge in [0.15, 0.2) is 0 Å². The summed E-state index contributed by atoms with van der Waals surface area (Å²) in [7, 11) is 0. The monoisotopic (exact) mass is 363 g/mol. The topological polar surface area (TPSA) is 44.8 Å². The summed E-state index contributed by atoms with van der Waals surface area (Å²) < 4.78 is 5.59. The van der Waals surface area contributed by atoms with Crippen molar-refractivity contribution in [1.82, 2.24) is 15.1 Å². The summed E-state index contributed by atoms with van der Waals surface area (Å²) in [6, 6.07) is 4.78. The molecular weight excluding hydrogens is 334 g/mol. The molecule has 2 amide bonds. The first kappa shape index (κ1) is 17.3. The van der Waals surface area contributed by atoms with Gasteiger partial charge in [-0.3, -0.25) is 4.90 Å². The maximum absolute atomic E-state index is 12.6. The number of amides is 2. The lowest BCUT2D eigenvalue weighted by Gasteiger charge is -2.37. The third-order valence-electron chi connectivity index (χ3n) is 5.80. The smallest absolute Gasteiger partial charge is 0.317 e. The van der Waals surface area contributed by atoms with E-state index in [2.05, 4.69) is 27.7 Å². The predicted molar refractivity (Wildman–Crippen MR) is 99.8 cm³/mol. The molecule has 25 heavy (non-hydrogen) atoms. The first-order valence-corrected chi connectivity index (χ1v) is 10.5.